The van der Waals surface area contributed by atoms with Gasteiger partial charge in [0.15, 0.2) is 0 Å². The maximum atomic E-state index is 12.3. The zero-order valence-electron chi connectivity index (χ0n) is 14.7. The van der Waals surface area contributed by atoms with E-state index in [1.54, 1.807) is 17.5 Å². The van der Waals surface area contributed by atoms with Gasteiger partial charge in [0, 0.05) is 19.2 Å². The Hall–Kier alpha value is -3.27. The number of nitro groups is 1. The maximum Gasteiger partial charge on any atom is 0.338 e. The third kappa shape index (κ3) is 3.46. The van der Waals surface area contributed by atoms with E-state index in [1.807, 2.05) is 4.90 Å². The monoisotopic (exact) mass is 400 g/mol. The molecule has 0 saturated carbocycles. The molecule has 1 saturated heterocycles. The molecule has 4 rings (SSSR count). The fourth-order valence-corrected chi connectivity index (χ4v) is 3.95. The molecule has 10 heteroatoms. The highest BCUT2D eigenvalue weighted by atomic mass is 32.1. The molecule has 3 aromatic rings. The number of esters is 1. The van der Waals surface area contributed by atoms with E-state index < -0.39 is 10.9 Å². The summed E-state index contributed by atoms with van der Waals surface area (Å²) in [5.41, 5.74) is 0.700. The molecule has 1 N–H and O–H groups in total. The van der Waals surface area contributed by atoms with Gasteiger partial charge in [0.25, 0.3) is 11.2 Å². The standard InChI is InChI=1S/C18H16N4O5S/c23-17-16-12(5-8-28-16)19-15(20-17)10-27-18(24)11-3-4-13(14(9-11)22(25)26)21-6-1-2-7-21/h3-5,8-9H,1-2,6-7,10H2,(H,19,20,23). The van der Waals surface area contributed by atoms with Crippen molar-refractivity contribution in [1.82, 2.24) is 9.97 Å². The number of aromatic amines is 1. The number of nitrogens with zero attached hydrogens (tertiary/aromatic N) is 3. The van der Waals surface area contributed by atoms with Crippen LogP contribution in [0.2, 0.25) is 0 Å². The molecule has 0 unspecified atom stereocenters. The average Bonchev–Trinajstić information content (AvgIpc) is 3.37. The van der Waals surface area contributed by atoms with Crippen molar-refractivity contribution in [2.75, 3.05) is 18.0 Å². The summed E-state index contributed by atoms with van der Waals surface area (Å²) < 4.78 is 5.69. The van der Waals surface area contributed by atoms with Crippen LogP contribution in [0.4, 0.5) is 11.4 Å². The molecule has 0 radical (unpaired) electrons. The van der Waals surface area contributed by atoms with Crippen LogP contribution in [0.25, 0.3) is 10.2 Å². The van der Waals surface area contributed by atoms with Crippen molar-refractivity contribution in [2.45, 2.75) is 19.4 Å². The first-order chi connectivity index (χ1) is 13.5. The molecule has 0 atom stereocenters. The predicted molar refractivity (Wildman–Crippen MR) is 104 cm³/mol. The summed E-state index contributed by atoms with van der Waals surface area (Å²) in [5, 5.41) is 13.2. The number of rotatable bonds is 5. The van der Waals surface area contributed by atoms with E-state index in [0.717, 1.165) is 25.9 Å². The van der Waals surface area contributed by atoms with Crippen LogP contribution in [-0.2, 0) is 11.3 Å². The highest BCUT2D eigenvalue weighted by Crippen LogP contribution is 2.31. The summed E-state index contributed by atoms with van der Waals surface area (Å²) in [6, 6.07) is 6.04. The Labute approximate surface area is 162 Å². The van der Waals surface area contributed by atoms with E-state index in [9.17, 15) is 19.7 Å². The van der Waals surface area contributed by atoms with Gasteiger partial charge in [-0.1, -0.05) is 0 Å². The first-order valence-electron chi connectivity index (χ1n) is 8.70. The minimum absolute atomic E-state index is 0.0774. The average molecular weight is 400 g/mol. The molecule has 28 heavy (non-hydrogen) atoms. The number of H-pyrrole nitrogens is 1. The van der Waals surface area contributed by atoms with Crippen molar-refractivity contribution in [2.24, 2.45) is 0 Å². The number of anilines is 1. The summed E-state index contributed by atoms with van der Waals surface area (Å²) >= 11 is 1.28. The number of fused-ring (bicyclic) bond motifs is 1. The van der Waals surface area contributed by atoms with Gasteiger partial charge < -0.3 is 14.6 Å². The third-order valence-electron chi connectivity index (χ3n) is 4.56. The van der Waals surface area contributed by atoms with Crippen LogP contribution in [0.5, 0.6) is 0 Å². The first kappa shape index (κ1) is 18.1. The van der Waals surface area contributed by atoms with Gasteiger partial charge >= 0.3 is 5.97 Å². The SMILES string of the molecule is O=C(OCc1nc2ccsc2c(=O)[nH]1)c1ccc(N2CCCC2)c([N+](=O)[O-])c1. The van der Waals surface area contributed by atoms with Gasteiger partial charge in [-0.2, -0.15) is 0 Å². The van der Waals surface area contributed by atoms with Crippen LogP contribution in [0, 0.1) is 10.1 Å². The van der Waals surface area contributed by atoms with Crippen LogP contribution < -0.4 is 10.5 Å². The number of carbonyl (C=O) groups excluding carboxylic acids is 1. The number of hydrogen-bond donors (Lipinski definition) is 1. The number of ether oxygens (including phenoxy) is 1. The fourth-order valence-electron chi connectivity index (χ4n) is 3.23. The van der Waals surface area contributed by atoms with Crippen LogP contribution in [0.1, 0.15) is 29.0 Å². The van der Waals surface area contributed by atoms with Crippen LogP contribution in [-0.4, -0.2) is 34.0 Å². The van der Waals surface area contributed by atoms with Crippen molar-refractivity contribution < 1.29 is 14.5 Å². The molecule has 0 aliphatic carbocycles. The van der Waals surface area contributed by atoms with E-state index in [-0.39, 0.29) is 29.2 Å². The van der Waals surface area contributed by atoms with E-state index in [4.69, 9.17) is 4.74 Å². The Balaban J connectivity index is 1.53. The lowest BCUT2D eigenvalue weighted by atomic mass is 10.1. The summed E-state index contributed by atoms with van der Waals surface area (Å²) in [6.07, 6.45) is 1.97. The minimum atomic E-state index is -0.718. The number of nitrogens with one attached hydrogen (secondary N) is 1. The lowest BCUT2D eigenvalue weighted by Gasteiger charge is -2.17. The molecule has 3 heterocycles. The molecule has 0 spiro atoms. The molecular formula is C18H16N4O5S. The molecule has 1 aliphatic heterocycles. The van der Waals surface area contributed by atoms with E-state index >= 15 is 0 Å². The Morgan fingerprint density at radius 1 is 1.32 bits per heavy atom. The highest BCUT2D eigenvalue weighted by Gasteiger charge is 2.24. The predicted octanol–water partition coefficient (Wildman–Crippen LogP) is 2.85. The molecule has 0 amide bonds. The molecule has 2 aromatic heterocycles. The van der Waals surface area contributed by atoms with E-state index in [1.165, 1.54) is 23.5 Å². The van der Waals surface area contributed by atoms with Crippen molar-refractivity contribution in [3.05, 3.63) is 61.5 Å². The van der Waals surface area contributed by atoms with Gasteiger partial charge in [0.1, 0.15) is 22.8 Å². The molecule has 1 aromatic carbocycles. The second-order valence-electron chi connectivity index (χ2n) is 6.38. The van der Waals surface area contributed by atoms with E-state index in [2.05, 4.69) is 9.97 Å². The maximum absolute atomic E-state index is 12.3. The summed E-state index contributed by atoms with van der Waals surface area (Å²) in [7, 11) is 0. The largest absolute Gasteiger partial charge is 0.454 e. The number of thiophene rings is 1. The van der Waals surface area contributed by atoms with Gasteiger partial charge in [0.2, 0.25) is 0 Å². The second-order valence-corrected chi connectivity index (χ2v) is 7.29. The van der Waals surface area contributed by atoms with Gasteiger partial charge in [-0.3, -0.25) is 14.9 Å². The Bertz CT molecular complexity index is 1120. The van der Waals surface area contributed by atoms with Gasteiger partial charge in [0.05, 0.1) is 16.0 Å². The Morgan fingerprint density at radius 3 is 2.86 bits per heavy atom. The number of benzene rings is 1. The van der Waals surface area contributed by atoms with Crippen molar-refractivity contribution in [3.63, 3.8) is 0 Å². The number of nitro benzene ring substituents is 1. The third-order valence-corrected chi connectivity index (χ3v) is 5.46. The zero-order valence-corrected chi connectivity index (χ0v) is 15.5. The Kier molecular flexibility index (Phi) is 4.78. The smallest absolute Gasteiger partial charge is 0.338 e. The van der Waals surface area contributed by atoms with Gasteiger partial charge in [-0.25, -0.2) is 9.78 Å². The highest BCUT2D eigenvalue weighted by molar-refractivity contribution is 7.17. The van der Waals surface area contributed by atoms with Gasteiger partial charge in [-0.15, -0.1) is 11.3 Å². The molecule has 144 valence electrons. The number of aromatic nitrogens is 2. The lowest BCUT2D eigenvalue weighted by molar-refractivity contribution is -0.384. The summed E-state index contributed by atoms with van der Waals surface area (Å²) in [5.74, 6) is -0.503. The van der Waals surface area contributed by atoms with Crippen molar-refractivity contribution in [3.8, 4) is 0 Å². The second kappa shape index (κ2) is 7.39. The van der Waals surface area contributed by atoms with Gasteiger partial charge in [-0.05, 0) is 36.4 Å². The first-order valence-corrected chi connectivity index (χ1v) is 9.58. The lowest BCUT2D eigenvalue weighted by Crippen LogP contribution is -2.19. The molecule has 0 bridgehead atoms. The minimum Gasteiger partial charge on any atom is -0.454 e. The fraction of sp³-hybridized carbons (Fsp3) is 0.278. The molecule has 1 aliphatic rings. The Morgan fingerprint density at radius 2 is 2.11 bits per heavy atom. The zero-order chi connectivity index (χ0) is 19.7. The molecular weight excluding hydrogens is 384 g/mol. The van der Waals surface area contributed by atoms with Crippen LogP contribution in [0.3, 0.4) is 0 Å². The number of carbonyl (C=O) groups is 1. The summed E-state index contributed by atoms with van der Waals surface area (Å²) in [6.45, 7) is 1.28. The van der Waals surface area contributed by atoms with Crippen LogP contribution in [0.15, 0.2) is 34.4 Å². The quantitative estimate of drug-likeness (QED) is 0.397. The van der Waals surface area contributed by atoms with Crippen molar-refractivity contribution >= 4 is 38.9 Å². The normalized spacial score (nSPS) is 13.8. The van der Waals surface area contributed by atoms with E-state index in [0.29, 0.717) is 15.9 Å². The van der Waals surface area contributed by atoms with Crippen LogP contribution >= 0.6 is 11.3 Å². The topological polar surface area (TPSA) is 118 Å². The molecule has 9 nitrogen and oxygen atoms in total. The molecule has 1 fully saturated rings. The van der Waals surface area contributed by atoms with Crippen molar-refractivity contribution in [1.29, 1.82) is 0 Å². The summed E-state index contributed by atoms with van der Waals surface area (Å²) in [4.78, 5) is 44.0. The number of hydrogen-bond acceptors (Lipinski definition) is 8.